The predicted octanol–water partition coefficient (Wildman–Crippen LogP) is 12.6. The van der Waals surface area contributed by atoms with E-state index in [1.54, 1.807) is 0 Å². The molecule has 1 aromatic heterocycles. The van der Waals surface area contributed by atoms with E-state index < -0.39 is 20.7 Å². The molecule has 2 heterocycles. The molecule has 1 aliphatic rings. The summed E-state index contributed by atoms with van der Waals surface area (Å²) in [7, 11) is 0. The van der Waals surface area contributed by atoms with Crippen molar-refractivity contribution in [2.45, 2.75) is 6.92 Å². The average Bonchev–Trinajstić information content (AvgIpc) is 3.83. The van der Waals surface area contributed by atoms with Gasteiger partial charge in [0.2, 0.25) is 0 Å². The molecule has 5 heteroatoms. The highest BCUT2D eigenvalue weighted by Gasteiger charge is 2.21. The van der Waals surface area contributed by atoms with Gasteiger partial charge in [0.15, 0.2) is 9.53 Å². The number of furan rings is 1. The third-order valence-corrected chi connectivity index (χ3v) is 12.2. The molecule has 0 amide bonds. The first kappa shape index (κ1) is 32.7. The lowest BCUT2D eigenvalue weighted by Crippen LogP contribution is -2.04. The van der Waals surface area contributed by atoms with Crippen LogP contribution in [0.4, 0.5) is 0 Å². The van der Waals surface area contributed by atoms with Crippen molar-refractivity contribution in [2.75, 3.05) is 0 Å². The minimum absolute atomic E-state index is 0.450. The molecule has 1 aliphatic heterocycles. The van der Waals surface area contributed by atoms with Gasteiger partial charge in [0, 0.05) is 33.2 Å². The summed E-state index contributed by atoms with van der Waals surface area (Å²) in [5.74, 6) is 1.53. The van der Waals surface area contributed by atoms with Crippen LogP contribution in [0.5, 0.6) is 5.75 Å². The zero-order valence-corrected chi connectivity index (χ0v) is 31.1. The molecule has 0 aliphatic carbocycles. The summed E-state index contributed by atoms with van der Waals surface area (Å²) in [6.07, 6.45) is 0. The third kappa shape index (κ3) is 6.45. The third-order valence-electron chi connectivity index (χ3n) is 9.42. The Kier molecular flexibility index (Phi) is 8.70. The summed E-state index contributed by atoms with van der Waals surface area (Å²) < 4.78 is 15.4. The Morgan fingerprint density at radius 1 is 0.547 bits per heavy atom. The number of benzene rings is 7. The van der Waals surface area contributed by atoms with Crippen molar-refractivity contribution in [1.29, 1.82) is 0 Å². The monoisotopic (exact) mass is 796 g/mol. The molecule has 0 atom stereocenters. The normalized spacial score (nSPS) is 13.0. The summed E-state index contributed by atoms with van der Waals surface area (Å²) >= 11 is -0.450. The number of rotatable bonds is 7. The van der Waals surface area contributed by atoms with Gasteiger partial charge in [0.1, 0.15) is 16.9 Å². The summed E-state index contributed by atoms with van der Waals surface area (Å²) in [5.41, 5.74) is 11.6. The molecule has 254 valence electrons. The maximum atomic E-state index is 6.59. The fourth-order valence-corrected chi connectivity index (χ4v) is 9.19. The van der Waals surface area contributed by atoms with Crippen LogP contribution in [0, 0.1) is 3.57 Å². The van der Waals surface area contributed by atoms with Gasteiger partial charge < -0.3 is 9.15 Å². The average molecular weight is 797 g/mol. The van der Waals surface area contributed by atoms with Crippen LogP contribution >= 0.6 is 20.7 Å². The molecular formula is C48H33IN2O2. The zero-order valence-electron chi connectivity index (χ0n) is 29.0. The van der Waals surface area contributed by atoms with Crippen molar-refractivity contribution in [1.82, 2.24) is 0 Å². The molecule has 0 unspecified atom stereocenters. The summed E-state index contributed by atoms with van der Waals surface area (Å²) in [5, 5.41) is 2.00. The van der Waals surface area contributed by atoms with Gasteiger partial charge in [-0.2, -0.15) is 0 Å². The SMILES string of the molecule is C=C(N=C(N=C(C)c1ccccc1)c1ccccc1)c1cccc2oc3cccc(-c4ccc5c(c4)OC(c4ccc(-c6ccccc6)cc4)=I5)c3c12. The van der Waals surface area contributed by atoms with Crippen molar-refractivity contribution < 1.29 is 9.15 Å². The number of halogens is 1. The van der Waals surface area contributed by atoms with E-state index in [0.717, 1.165) is 70.5 Å². The summed E-state index contributed by atoms with van der Waals surface area (Å²) in [4.78, 5) is 10.1. The quantitative estimate of drug-likeness (QED) is 0.0916. The van der Waals surface area contributed by atoms with E-state index in [9.17, 15) is 0 Å². The van der Waals surface area contributed by atoms with Gasteiger partial charge in [-0.25, -0.2) is 9.98 Å². The number of amidine groups is 1. The minimum atomic E-state index is -0.450. The van der Waals surface area contributed by atoms with Crippen molar-refractivity contribution >= 4 is 63.6 Å². The Labute approximate surface area is 318 Å². The van der Waals surface area contributed by atoms with E-state index in [1.165, 1.54) is 14.7 Å². The second-order valence-corrected chi connectivity index (χ2v) is 15.5. The molecule has 4 nitrogen and oxygen atoms in total. The standard InChI is InChI=1S/C48H33IN2O2/c1-31(33-14-6-3-7-15-33)50-48(37-18-10-5-11-19-37)51-32(2)39-20-12-22-42-45(39)46-40(21-13-23-43(46)52-42)38-28-29-41-44(30-38)53-47(49-41)36-26-24-35(25-27-36)34-16-8-4-9-17-34/h3-30H,2H2,1H3. The van der Waals surface area contributed by atoms with Gasteiger partial charge in [-0.3, -0.25) is 0 Å². The Morgan fingerprint density at radius 2 is 1.15 bits per heavy atom. The first-order valence-electron chi connectivity index (χ1n) is 17.5. The maximum Gasteiger partial charge on any atom is 0.166 e. The molecule has 9 rings (SSSR count). The van der Waals surface area contributed by atoms with Gasteiger partial charge in [0.25, 0.3) is 0 Å². The second-order valence-electron chi connectivity index (χ2n) is 12.8. The lowest BCUT2D eigenvalue weighted by atomic mass is 9.96. The topological polar surface area (TPSA) is 47.1 Å². The highest BCUT2D eigenvalue weighted by Crippen LogP contribution is 2.43. The largest absolute Gasteiger partial charge is 0.456 e. The maximum absolute atomic E-state index is 6.59. The lowest BCUT2D eigenvalue weighted by Gasteiger charge is -2.10. The predicted molar refractivity (Wildman–Crippen MR) is 229 cm³/mol. The molecule has 0 N–H and O–H groups in total. The molecule has 7 aromatic carbocycles. The van der Waals surface area contributed by atoms with Crippen LogP contribution in [0.3, 0.4) is 0 Å². The van der Waals surface area contributed by atoms with E-state index in [4.69, 9.17) is 19.1 Å². The van der Waals surface area contributed by atoms with Crippen LogP contribution < -0.4 is 4.74 Å². The molecule has 53 heavy (non-hydrogen) atoms. The molecule has 8 aromatic rings. The zero-order chi connectivity index (χ0) is 35.7. The van der Waals surface area contributed by atoms with Crippen LogP contribution in [-0.2, 0) is 0 Å². The first-order chi connectivity index (χ1) is 26.1. The van der Waals surface area contributed by atoms with Gasteiger partial charge in [-0.1, -0.05) is 152 Å². The van der Waals surface area contributed by atoms with Crippen LogP contribution in [0.1, 0.15) is 29.2 Å². The van der Waals surface area contributed by atoms with Crippen molar-refractivity contribution in [3.63, 3.8) is 0 Å². The van der Waals surface area contributed by atoms with Crippen LogP contribution in [0.2, 0.25) is 0 Å². The van der Waals surface area contributed by atoms with Gasteiger partial charge in [-0.15, -0.1) is 0 Å². The molecule has 0 bridgehead atoms. The molecule has 0 spiro atoms. The Bertz CT molecular complexity index is 2750. The van der Waals surface area contributed by atoms with E-state index in [1.807, 2.05) is 85.8 Å². The van der Waals surface area contributed by atoms with E-state index >= 15 is 0 Å². The highest BCUT2D eigenvalue weighted by molar-refractivity contribution is 14.2. The van der Waals surface area contributed by atoms with Gasteiger partial charge in [-0.05, 0) is 79.7 Å². The summed E-state index contributed by atoms with van der Waals surface area (Å²) in [6.45, 7) is 6.51. The van der Waals surface area contributed by atoms with E-state index in [2.05, 4.69) is 97.6 Å². The number of hydrogen-bond acceptors (Lipinski definition) is 3. The fraction of sp³-hybridized carbons (Fsp3) is 0.0208. The molecular weight excluding hydrogens is 763 g/mol. The highest BCUT2D eigenvalue weighted by atomic mass is 127. The van der Waals surface area contributed by atoms with Crippen molar-refractivity contribution in [3.8, 4) is 28.0 Å². The number of nitrogens with zero attached hydrogens (tertiary/aromatic N) is 2. The van der Waals surface area contributed by atoms with E-state index in [0.29, 0.717) is 11.5 Å². The second kappa shape index (κ2) is 14.1. The molecule has 0 saturated carbocycles. The Balaban J connectivity index is 1.08. The Morgan fingerprint density at radius 3 is 1.89 bits per heavy atom. The Hall–Kier alpha value is -6.18. The fourth-order valence-electron chi connectivity index (χ4n) is 6.75. The number of fused-ring (bicyclic) bond motifs is 4. The number of ether oxygens (including phenoxy) is 1. The van der Waals surface area contributed by atoms with Crippen LogP contribution in [0.15, 0.2) is 191 Å². The lowest BCUT2D eigenvalue weighted by molar-refractivity contribution is 0.567. The summed E-state index contributed by atoms with van der Waals surface area (Å²) in [6, 6.07) is 58.3. The van der Waals surface area contributed by atoms with Crippen LogP contribution in [0.25, 0.3) is 49.9 Å². The first-order valence-corrected chi connectivity index (χ1v) is 19.6. The van der Waals surface area contributed by atoms with Crippen molar-refractivity contribution in [3.05, 3.63) is 202 Å². The minimum Gasteiger partial charge on any atom is -0.456 e. The number of aliphatic imine (C=N–C) groups is 2. The smallest absolute Gasteiger partial charge is 0.166 e. The van der Waals surface area contributed by atoms with Crippen molar-refractivity contribution in [2.24, 2.45) is 9.98 Å². The molecule has 0 saturated heterocycles. The van der Waals surface area contributed by atoms with Crippen LogP contribution in [-0.4, -0.2) is 15.2 Å². The molecule has 0 radical (unpaired) electrons. The number of hydrogen-bond donors (Lipinski definition) is 0. The van der Waals surface area contributed by atoms with E-state index in [-0.39, 0.29) is 0 Å². The van der Waals surface area contributed by atoms with Gasteiger partial charge >= 0.3 is 0 Å². The van der Waals surface area contributed by atoms with Gasteiger partial charge in [0.05, 0.1) is 9.27 Å². The molecule has 0 fully saturated rings.